The van der Waals surface area contributed by atoms with Gasteiger partial charge in [-0.1, -0.05) is 55.5 Å². The van der Waals surface area contributed by atoms with Gasteiger partial charge in [-0.2, -0.15) is 8.78 Å². The van der Waals surface area contributed by atoms with Crippen LogP contribution in [0.3, 0.4) is 0 Å². The first-order valence-electron chi connectivity index (χ1n) is 8.51. The van der Waals surface area contributed by atoms with Crippen molar-refractivity contribution in [3.8, 4) is 28.0 Å². The van der Waals surface area contributed by atoms with E-state index in [1.54, 1.807) is 24.3 Å². The standard InChI is InChI=1S/C22H17F3O/c1-3-14-5-7-15(8-6-14)16-9-11-17-18-10-4-13(2)20(23)21(18)26-22(24,25)19(17)12-16/h4-12H,3H2,1-2H3. The Morgan fingerprint density at radius 2 is 1.54 bits per heavy atom. The molecular weight excluding hydrogens is 337 g/mol. The van der Waals surface area contributed by atoms with Gasteiger partial charge in [0.15, 0.2) is 11.6 Å². The van der Waals surface area contributed by atoms with E-state index in [1.807, 2.05) is 24.3 Å². The van der Waals surface area contributed by atoms with Crippen molar-refractivity contribution in [3.63, 3.8) is 0 Å². The summed E-state index contributed by atoms with van der Waals surface area (Å²) < 4.78 is 48.3. The molecule has 0 fully saturated rings. The summed E-state index contributed by atoms with van der Waals surface area (Å²) in [4.78, 5) is 0. The number of rotatable bonds is 2. The molecule has 0 amide bonds. The monoisotopic (exact) mass is 354 g/mol. The molecule has 0 bridgehead atoms. The van der Waals surface area contributed by atoms with Crippen LogP contribution in [0.25, 0.3) is 22.3 Å². The highest BCUT2D eigenvalue weighted by atomic mass is 19.3. The van der Waals surface area contributed by atoms with Gasteiger partial charge in [-0.15, -0.1) is 0 Å². The molecule has 0 N–H and O–H groups in total. The van der Waals surface area contributed by atoms with Gasteiger partial charge in [0.05, 0.1) is 5.56 Å². The lowest BCUT2D eigenvalue weighted by Gasteiger charge is -2.29. The van der Waals surface area contributed by atoms with Gasteiger partial charge in [0.2, 0.25) is 0 Å². The van der Waals surface area contributed by atoms with Gasteiger partial charge in [-0.25, -0.2) is 4.39 Å². The molecule has 0 atom stereocenters. The quantitative estimate of drug-likeness (QED) is 0.512. The van der Waals surface area contributed by atoms with E-state index >= 15 is 0 Å². The van der Waals surface area contributed by atoms with Crippen molar-refractivity contribution in [3.05, 3.63) is 77.1 Å². The van der Waals surface area contributed by atoms with Crippen molar-refractivity contribution in [2.75, 3.05) is 0 Å². The zero-order valence-electron chi connectivity index (χ0n) is 14.4. The van der Waals surface area contributed by atoms with Crippen molar-refractivity contribution >= 4 is 0 Å². The second kappa shape index (κ2) is 5.90. The minimum absolute atomic E-state index is 0.245. The molecule has 4 rings (SSSR count). The number of alkyl halides is 2. The van der Waals surface area contributed by atoms with E-state index in [2.05, 4.69) is 6.92 Å². The van der Waals surface area contributed by atoms with Gasteiger partial charge in [0.1, 0.15) is 0 Å². The number of halogens is 3. The van der Waals surface area contributed by atoms with E-state index in [4.69, 9.17) is 4.74 Å². The Balaban J connectivity index is 1.87. The van der Waals surface area contributed by atoms with Crippen LogP contribution in [0.4, 0.5) is 13.2 Å². The Bertz CT molecular complexity index is 991. The van der Waals surface area contributed by atoms with Gasteiger partial charge >= 0.3 is 6.11 Å². The number of aryl methyl sites for hydroxylation is 2. The van der Waals surface area contributed by atoms with Crippen molar-refractivity contribution in [2.24, 2.45) is 0 Å². The third kappa shape index (κ3) is 2.57. The molecule has 0 saturated heterocycles. The maximum Gasteiger partial charge on any atom is 0.427 e. The van der Waals surface area contributed by atoms with Crippen LogP contribution in [0, 0.1) is 12.7 Å². The molecule has 1 aliphatic heterocycles. The zero-order chi connectivity index (χ0) is 18.5. The molecule has 3 aromatic carbocycles. The number of hydrogen-bond donors (Lipinski definition) is 0. The predicted molar refractivity (Wildman–Crippen MR) is 95.9 cm³/mol. The summed E-state index contributed by atoms with van der Waals surface area (Å²) in [5.74, 6) is -1.13. The number of hydrogen-bond acceptors (Lipinski definition) is 1. The van der Waals surface area contributed by atoms with Gasteiger partial charge in [0, 0.05) is 5.56 Å². The molecular formula is C22H17F3O. The van der Waals surface area contributed by atoms with Crippen molar-refractivity contribution in [1.29, 1.82) is 0 Å². The second-order valence-electron chi connectivity index (χ2n) is 6.50. The van der Waals surface area contributed by atoms with E-state index in [0.717, 1.165) is 12.0 Å². The van der Waals surface area contributed by atoms with E-state index in [0.29, 0.717) is 16.7 Å². The van der Waals surface area contributed by atoms with Crippen molar-refractivity contribution in [1.82, 2.24) is 0 Å². The topological polar surface area (TPSA) is 9.23 Å². The summed E-state index contributed by atoms with van der Waals surface area (Å²) in [5, 5.41) is 0. The highest BCUT2D eigenvalue weighted by molar-refractivity contribution is 5.80. The molecule has 132 valence electrons. The summed E-state index contributed by atoms with van der Waals surface area (Å²) >= 11 is 0. The fourth-order valence-electron chi connectivity index (χ4n) is 3.28. The third-order valence-corrected chi connectivity index (χ3v) is 4.84. The summed E-state index contributed by atoms with van der Waals surface area (Å²) in [6, 6.07) is 15.8. The normalized spacial score (nSPS) is 14.3. The van der Waals surface area contributed by atoms with Crippen LogP contribution in [-0.2, 0) is 12.5 Å². The fourth-order valence-corrected chi connectivity index (χ4v) is 3.28. The molecule has 4 heteroatoms. The molecule has 1 nitrogen and oxygen atoms in total. The summed E-state index contributed by atoms with van der Waals surface area (Å²) in [6.07, 6.45) is -2.67. The summed E-state index contributed by atoms with van der Waals surface area (Å²) in [5.41, 5.74) is 3.37. The highest BCUT2D eigenvalue weighted by Gasteiger charge is 2.43. The molecule has 0 aromatic heterocycles. The Kier molecular flexibility index (Phi) is 3.79. The maximum absolute atomic E-state index is 14.6. The van der Waals surface area contributed by atoms with Crippen LogP contribution < -0.4 is 4.74 Å². The molecule has 0 unspecified atom stereocenters. The average molecular weight is 354 g/mol. The van der Waals surface area contributed by atoms with E-state index < -0.39 is 11.9 Å². The first kappa shape index (κ1) is 16.7. The minimum Gasteiger partial charge on any atom is -0.425 e. The van der Waals surface area contributed by atoms with Gasteiger partial charge in [-0.3, -0.25) is 0 Å². The predicted octanol–water partition coefficient (Wildman–Crippen LogP) is 6.47. The fraction of sp³-hybridized carbons (Fsp3) is 0.182. The van der Waals surface area contributed by atoms with Gasteiger partial charge in [-0.05, 0) is 47.2 Å². The van der Waals surface area contributed by atoms with Crippen molar-refractivity contribution < 1.29 is 17.9 Å². The van der Waals surface area contributed by atoms with E-state index in [-0.39, 0.29) is 16.9 Å². The lowest BCUT2D eigenvalue weighted by atomic mass is 9.91. The second-order valence-corrected chi connectivity index (χ2v) is 6.50. The highest BCUT2D eigenvalue weighted by Crippen LogP contribution is 2.49. The van der Waals surface area contributed by atoms with Crippen LogP contribution in [0.1, 0.15) is 23.6 Å². The summed E-state index contributed by atoms with van der Waals surface area (Å²) in [7, 11) is 0. The molecule has 1 aliphatic rings. The van der Waals surface area contributed by atoms with Crippen LogP contribution in [0.2, 0.25) is 0 Å². The van der Waals surface area contributed by atoms with Crippen LogP contribution in [-0.4, -0.2) is 0 Å². The summed E-state index contributed by atoms with van der Waals surface area (Å²) in [6.45, 7) is 3.58. The van der Waals surface area contributed by atoms with Gasteiger partial charge in [0.25, 0.3) is 0 Å². The lowest BCUT2D eigenvalue weighted by molar-refractivity contribution is -0.188. The van der Waals surface area contributed by atoms with Gasteiger partial charge < -0.3 is 4.74 Å². The third-order valence-electron chi connectivity index (χ3n) is 4.84. The largest absolute Gasteiger partial charge is 0.427 e. The Hall–Kier alpha value is -2.75. The molecule has 3 aromatic rings. The van der Waals surface area contributed by atoms with Crippen molar-refractivity contribution in [2.45, 2.75) is 26.4 Å². The lowest BCUT2D eigenvalue weighted by Crippen LogP contribution is -2.27. The smallest absolute Gasteiger partial charge is 0.425 e. The number of ether oxygens (including phenoxy) is 1. The van der Waals surface area contributed by atoms with Crippen LogP contribution in [0.5, 0.6) is 5.75 Å². The molecule has 26 heavy (non-hydrogen) atoms. The maximum atomic E-state index is 14.6. The molecule has 0 aliphatic carbocycles. The van der Waals surface area contributed by atoms with E-state index in [1.165, 1.54) is 18.6 Å². The van der Waals surface area contributed by atoms with Crippen LogP contribution >= 0.6 is 0 Å². The van der Waals surface area contributed by atoms with Crippen LogP contribution in [0.15, 0.2) is 54.6 Å². The minimum atomic E-state index is -3.59. The van der Waals surface area contributed by atoms with E-state index in [9.17, 15) is 13.2 Å². The first-order chi connectivity index (χ1) is 12.4. The number of benzene rings is 3. The molecule has 0 radical (unpaired) electrons. The Labute approximate surface area is 150 Å². The molecule has 0 saturated carbocycles. The SMILES string of the molecule is CCc1ccc(-c2ccc3c(c2)C(F)(F)Oc2c-3ccc(C)c2F)cc1. The first-order valence-corrected chi connectivity index (χ1v) is 8.51. The molecule has 1 heterocycles. The molecule has 0 spiro atoms. The Morgan fingerprint density at radius 1 is 0.885 bits per heavy atom. The average Bonchev–Trinajstić information content (AvgIpc) is 2.65. The number of fused-ring (bicyclic) bond motifs is 3. The zero-order valence-corrected chi connectivity index (χ0v) is 14.4. The Morgan fingerprint density at radius 3 is 2.23 bits per heavy atom.